The van der Waals surface area contributed by atoms with Crippen LogP contribution in [0.25, 0.3) is 0 Å². The summed E-state index contributed by atoms with van der Waals surface area (Å²) >= 11 is 7.23. The number of carbonyl (C=O) groups excluding carboxylic acids is 2. The van der Waals surface area contributed by atoms with Crippen LogP contribution in [0.2, 0.25) is 5.02 Å². The third kappa shape index (κ3) is 4.63. The molecule has 6 nitrogen and oxygen atoms in total. The molecule has 2 aromatic carbocycles. The minimum absolute atomic E-state index is 0.0266. The molecular formula is C21H19ClN4O2S. The monoisotopic (exact) mass is 426 g/mol. The van der Waals surface area contributed by atoms with E-state index in [1.807, 2.05) is 35.2 Å². The van der Waals surface area contributed by atoms with Gasteiger partial charge >= 0.3 is 0 Å². The number of carbonyl (C=O) groups is 2. The van der Waals surface area contributed by atoms with Crippen LogP contribution in [0.5, 0.6) is 0 Å². The summed E-state index contributed by atoms with van der Waals surface area (Å²) < 4.78 is 0. The molecule has 0 spiro atoms. The molecular weight excluding hydrogens is 408 g/mol. The number of amides is 2. The maximum Gasteiger partial charge on any atom is 0.286 e. The topological polar surface area (TPSA) is 75.2 Å². The SMILES string of the molecule is O=C(Nc1cccc(Cl)c1)c1nnc(C2CCCN(C(=O)c3ccccc3)C2)s1. The van der Waals surface area contributed by atoms with Gasteiger partial charge < -0.3 is 10.2 Å². The Hall–Kier alpha value is -2.77. The van der Waals surface area contributed by atoms with Crippen LogP contribution >= 0.6 is 22.9 Å². The highest BCUT2D eigenvalue weighted by molar-refractivity contribution is 7.13. The first-order valence-corrected chi connectivity index (χ1v) is 10.5. The Morgan fingerprint density at radius 3 is 2.72 bits per heavy atom. The van der Waals surface area contributed by atoms with Crippen molar-refractivity contribution in [1.29, 1.82) is 0 Å². The number of hydrogen-bond donors (Lipinski definition) is 1. The Kier molecular flexibility index (Phi) is 5.87. The largest absolute Gasteiger partial charge is 0.338 e. The third-order valence-electron chi connectivity index (χ3n) is 4.80. The number of benzene rings is 2. The summed E-state index contributed by atoms with van der Waals surface area (Å²) in [5, 5.41) is 12.7. The maximum atomic E-state index is 12.7. The van der Waals surface area contributed by atoms with Crippen molar-refractivity contribution in [2.24, 2.45) is 0 Å². The summed E-state index contributed by atoms with van der Waals surface area (Å²) in [6.45, 7) is 1.31. The molecule has 1 aliphatic heterocycles. The standard InChI is InChI=1S/C21H19ClN4O2S/c22-16-9-4-10-17(12-16)23-18(27)20-25-24-19(29-20)15-8-5-11-26(13-15)21(28)14-6-2-1-3-7-14/h1-4,6-7,9-10,12,15H,5,8,11,13H2,(H,23,27). The number of anilines is 1. The van der Waals surface area contributed by atoms with Gasteiger partial charge in [-0.2, -0.15) is 0 Å². The number of halogens is 1. The normalized spacial score (nSPS) is 16.4. The van der Waals surface area contributed by atoms with Crippen molar-refractivity contribution < 1.29 is 9.59 Å². The summed E-state index contributed by atoms with van der Waals surface area (Å²) in [6.07, 6.45) is 1.82. The molecule has 0 aliphatic carbocycles. The Bertz CT molecular complexity index is 1020. The molecule has 1 unspecified atom stereocenters. The van der Waals surface area contributed by atoms with Gasteiger partial charge in [0.2, 0.25) is 5.01 Å². The first-order valence-electron chi connectivity index (χ1n) is 9.35. The molecule has 4 rings (SSSR count). The quantitative estimate of drug-likeness (QED) is 0.668. The predicted molar refractivity (Wildman–Crippen MR) is 114 cm³/mol. The van der Waals surface area contributed by atoms with E-state index in [-0.39, 0.29) is 17.7 Å². The van der Waals surface area contributed by atoms with Crippen molar-refractivity contribution in [3.8, 4) is 0 Å². The highest BCUT2D eigenvalue weighted by atomic mass is 35.5. The molecule has 29 heavy (non-hydrogen) atoms. The molecule has 1 fully saturated rings. The summed E-state index contributed by atoms with van der Waals surface area (Å²) in [4.78, 5) is 27.1. The van der Waals surface area contributed by atoms with Crippen molar-refractivity contribution in [2.75, 3.05) is 18.4 Å². The van der Waals surface area contributed by atoms with Gasteiger partial charge in [0.25, 0.3) is 11.8 Å². The first kappa shape index (κ1) is 19.5. The van der Waals surface area contributed by atoms with Gasteiger partial charge in [-0.1, -0.05) is 47.2 Å². The van der Waals surface area contributed by atoms with E-state index in [0.717, 1.165) is 24.4 Å². The molecule has 0 saturated carbocycles. The minimum Gasteiger partial charge on any atom is -0.338 e. The average molecular weight is 427 g/mol. The van der Waals surface area contributed by atoms with Crippen molar-refractivity contribution in [3.63, 3.8) is 0 Å². The number of aromatic nitrogens is 2. The number of nitrogens with zero attached hydrogens (tertiary/aromatic N) is 3. The van der Waals surface area contributed by atoms with Crippen LogP contribution < -0.4 is 5.32 Å². The smallest absolute Gasteiger partial charge is 0.286 e. The summed E-state index contributed by atoms with van der Waals surface area (Å²) in [5.41, 5.74) is 1.29. The van der Waals surface area contributed by atoms with E-state index in [9.17, 15) is 9.59 Å². The lowest BCUT2D eigenvalue weighted by molar-refractivity contribution is 0.0706. The highest BCUT2D eigenvalue weighted by Gasteiger charge is 2.28. The lowest BCUT2D eigenvalue weighted by Crippen LogP contribution is -2.39. The molecule has 2 heterocycles. The van der Waals surface area contributed by atoms with Crippen molar-refractivity contribution in [1.82, 2.24) is 15.1 Å². The number of rotatable bonds is 4. The van der Waals surface area contributed by atoms with Gasteiger partial charge in [0.15, 0.2) is 0 Å². The second kappa shape index (κ2) is 8.71. The fraction of sp³-hybridized carbons (Fsp3) is 0.238. The summed E-state index contributed by atoms with van der Waals surface area (Å²) in [7, 11) is 0. The summed E-state index contributed by atoms with van der Waals surface area (Å²) in [5.74, 6) is -0.204. The van der Waals surface area contributed by atoms with Crippen LogP contribution in [0.3, 0.4) is 0 Å². The molecule has 0 bridgehead atoms. The number of likely N-dealkylation sites (tertiary alicyclic amines) is 1. The van der Waals surface area contributed by atoms with E-state index in [1.165, 1.54) is 11.3 Å². The molecule has 1 N–H and O–H groups in total. The molecule has 1 saturated heterocycles. The number of piperidine rings is 1. The van der Waals surface area contributed by atoms with Crippen LogP contribution in [-0.2, 0) is 0 Å². The van der Waals surface area contributed by atoms with Crippen molar-refractivity contribution in [2.45, 2.75) is 18.8 Å². The van der Waals surface area contributed by atoms with Crippen molar-refractivity contribution >= 4 is 40.4 Å². The third-order valence-corrected chi connectivity index (χ3v) is 6.12. The molecule has 1 atom stereocenters. The van der Waals surface area contributed by atoms with Crippen molar-refractivity contribution in [3.05, 3.63) is 75.2 Å². The van der Waals surface area contributed by atoms with E-state index in [0.29, 0.717) is 27.8 Å². The zero-order valence-corrected chi connectivity index (χ0v) is 17.1. The minimum atomic E-state index is -0.316. The van der Waals surface area contributed by atoms with E-state index in [1.54, 1.807) is 24.3 Å². The lowest BCUT2D eigenvalue weighted by atomic mass is 9.98. The highest BCUT2D eigenvalue weighted by Crippen LogP contribution is 2.30. The zero-order chi connectivity index (χ0) is 20.2. The van der Waals surface area contributed by atoms with Gasteiger partial charge in [-0.05, 0) is 43.2 Å². The van der Waals surface area contributed by atoms with Crippen LogP contribution in [-0.4, -0.2) is 40.0 Å². The summed E-state index contributed by atoms with van der Waals surface area (Å²) in [6, 6.07) is 16.2. The fourth-order valence-electron chi connectivity index (χ4n) is 3.37. The van der Waals surface area contributed by atoms with Gasteiger partial charge in [-0.3, -0.25) is 9.59 Å². The van der Waals surface area contributed by atoms with Gasteiger partial charge in [-0.15, -0.1) is 10.2 Å². The lowest BCUT2D eigenvalue weighted by Gasteiger charge is -2.31. The van der Waals surface area contributed by atoms with Crippen LogP contribution in [0.15, 0.2) is 54.6 Å². The van der Waals surface area contributed by atoms with Gasteiger partial charge in [0, 0.05) is 35.3 Å². The first-order chi connectivity index (χ1) is 14.1. The Morgan fingerprint density at radius 1 is 1.10 bits per heavy atom. The average Bonchev–Trinajstić information content (AvgIpc) is 3.25. The van der Waals surface area contributed by atoms with Crippen LogP contribution in [0.1, 0.15) is 43.9 Å². The van der Waals surface area contributed by atoms with E-state index in [4.69, 9.17) is 11.6 Å². The van der Waals surface area contributed by atoms with Gasteiger partial charge in [0.1, 0.15) is 5.01 Å². The van der Waals surface area contributed by atoms with E-state index < -0.39 is 0 Å². The molecule has 8 heteroatoms. The second-order valence-electron chi connectivity index (χ2n) is 6.87. The van der Waals surface area contributed by atoms with Crippen LogP contribution in [0, 0.1) is 0 Å². The number of nitrogens with one attached hydrogen (secondary N) is 1. The molecule has 1 aliphatic rings. The molecule has 3 aromatic rings. The van der Waals surface area contributed by atoms with E-state index in [2.05, 4.69) is 15.5 Å². The zero-order valence-electron chi connectivity index (χ0n) is 15.5. The molecule has 2 amide bonds. The second-order valence-corrected chi connectivity index (χ2v) is 8.31. The molecule has 1 aromatic heterocycles. The van der Waals surface area contributed by atoms with Gasteiger partial charge in [-0.25, -0.2) is 0 Å². The maximum absolute atomic E-state index is 12.7. The van der Waals surface area contributed by atoms with Gasteiger partial charge in [0.05, 0.1) is 0 Å². The predicted octanol–water partition coefficient (Wildman–Crippen LogP) is 4.46. The molecule has 148 valence electrons. The fourth-order valence-corrected chi connectivity index (χ4v) is 4.42. The van der Waals surface area contributed by atoms with Crippen LogP contribution in [0.4, 0.5) is 5.69 Å². The molecule has 0 radical (unpaired) electrons. The Labute approximate surface area is 177 Å². The Balaban J connectivity index is 1.43. The van der Waals surface area contributed by atoms with E-state index >= 15 is 0 Å². The number of hydrogen-bond acceptors (Lipinski definition) is 5. The Morgan fingerprint density at radius 2 is 1.93 bits per heavy atom.